The number of rotatable bonds is 7. The third kappa shape index (κ3) is 7.03. The molecule has 1 heterocycles. The van der Waals surface area contributed by atoms with Crippen LogP contribution in [0.4, 0.5) is 4.79 Å². The molecule has 25 heavy (non-hydrogen) atoms. The first-order valence-electron chi connectivity index (χ1n) is 7.69. The molecule has 2 unspecified atom stereocenters. The molecular formula is C13H25N9O3. The molecule has 0 aromatic rings. The molecule has 2 atom stereocenters. The van der Waals surface area contributed by atoms with Crippen LogP contribution in [0, 0.1) is 0 Å². The van der Waals surface area contributed by atoms with Crippen LogP contribution in [-0.4, -0.2) is 66.9 Å². The molecule has 0 radical (unpaired) electrons. The summed E-state index contributed by atoms with van der Waals surface area (Å²) in [4.78, 5) is 44.1. The van der Waals surface area contributed by atoms with Gasteiger partial charge in [-0.2, -0.15) is 0 Å². The van der Waals surface area contributed by atoms with Crippen molar-refractivity contribution in [3.8, 4) is 0 Å². The molecule has 0 spiro atoms. The van der Waals surface area contributed by atoms with Gasteiger partial charge < -0.3 is 27.8 Å². The van der Waals surface area contributed by atoms with Crippen molar-refractivity contribution in [3.63, 3.8) is 0 Å². The van der Waals surface area contributed by atoms with Crippen molar-refractivity contribution in [2.24, 2.45) is 32.9 Å². The number of carbonyl (C=O) groups is 3. The number of nitrogens with one attached hydrogen (secondary N) is 2. The summed E-state index contributed by atoms with van der Waals surface area (Å²) in [7, 11) is 1.50. The van der Waals surface area contributed by atoms with Crippen molar-refractivity contribution in [1.82, 2.24) is 15.5 Å². The minimum Gasteiger partial charge on any atom is -0.370 e. The Bertz CT molecular complexity index is 571. The summed E-state index contributed by atoms with van der Waals surface area (Å²) < 4.78 is 0. The molecule has 4 amide bonds. The highest BCUT2D eigenvalue weighted by atomic mass is 16.2. The van der Waals surface area contributed by atoms with Crippen LogP contribution in [0.5, 0.6) is 0 Å². The van der Waals surface area contributed by atoms with Crippen LogP contribution < -0.4 is 33.6 Å². The molecule has 1 aliphatic heterocycles. The van der Waals surface area contributed by atoms with E-state index in [1.165, 1.54) is 11.9 Å². The van der Waals surface area contributed by atoms with E-state index >= 15 is 0 Å². The molecule has 0 bridgehead atoms. The second-order valence-corrected chi connectivity index (χ2v) is 5.60. The maximum atomic E-state index is 12.3. The van der Waals surface area contributed by atoms with E-state index in [4.69, 9.17) is 22.9 Å². The number of primary amides is 1. The van der Waals surface area contributed by atoms with Gasteiger partial charge in [0.2, 0.25) is 11.9 Å². The predicted molar refractivity (Wildman–Crippen MR) is 92.2 cm³/mol. The molecule has 0 aromatic heterocycles. The van der Waals surface area contributed by atoms with Crippen LogP contribution in [0.3, 0.4) is 0 Å². The lowest BCUT2D eigenvalue weighted by Crippen LogP contribution is -2.58. The first-order valence-corrected chi connectivity index (χ1v) is 7.69. The maximum absolute atomic E-state index is 12.3. The van der Waals surface area contributed by atoms with Gasteiger partial charge in [0.1, 0.15) is 6.04 Å². The van der Waals surface area contributed by atoms with E-state index < -0.39 is 18.0 Å². The van der Waals surface area contributed by atoms with Crippen LogP contribution in [0.15, 0.2) is 9.98 Å². The van der Waals surface area contributed by atoms with Crippen molar-refractivity contribution >= 4 is 29.8 Å². The van der Waals surface area contributed by atoms with Crippen molar-refractivity contribution in [1.29, 1.82) is 0 Å². The predicted octanol–water partition coefficient (Wildman–Crippen LogP) is -3.26. The van der Waals surface area contributed by atoms with Gasteiger partial charge in [-0.05, 0) is 12.8 Å². The van der Waals surface area contributed by atoms with E-state index in [1.807, 2.05) is 0 Å². The second-order valence-electron chi connectivity index (χ2n) is 5.60. The zero-order valence-corrected chi connectivity index (χ0v) is 14.1. The number of likely N-dealkylation sites (N-methyl/N-ethyl adjacent to an activating group) is 1. The van der Waals surface area contributed by atoms with Crippen molar-refractivity contribution in [2.45, 2.75) is 31.3 Å². The second kappa shape index (κ2) is 9.42. The van der Waals surface area contributed by atoms with E-state index in [9.17, 15) is 14.4 Å². The normalized spacial score (nSPS) is 17.8. The Labute approximate surface area is 145 Å². The van der Waals surface area contributed by atoms with Gasteiger partial charge in [0, 0.05) is 26.1 Å². The smallest absolute Gasteiger partial charge is 0.318 e. The van der Waals surface area contributed by atoms with Gasteiger partial charge in [0.15, 0.2) is 5.96 Å². The fourth-order valence-corrected chi connectivity index (χ4v) is 2.19. The molecule has 0 saturated heterocycles. The summed E-state index contributed by atoms with van der Waals surface area (Å²) in [6.07, 6.45) is 1.29. The third-order valence-corrected chi connectivity index (χ3v) is 3.53. The standard InChI is InChI=1S/C13H25N9O3/c1-22(8-6-19-13(20-10(8)24)21-12(17)25)9(23)5-7(14)3-2-4-18-11(15)16/h7-8H,2-6,14H2,1H3,(H4,15,16,18)(H4,17,19,20,21,24,25). The summed E-state index contributed by atoms with van der Waals surface area (Å²) in [6, 6.07) is -1.99. The van der Waals surface area contributed by atoms with Gasteiger partial charge >= 0.3 is 6.03 Å². The summed E-state index contributed by atoms with van der Waals surface area (Å²) in [5.41, 5.74) is 21.3. The number of amides is 4. The number of nitrogens with zero attached hydrogens (tertiary/aromatic N) is 3. The van der Waals surface area contributed by atoms with Crippen LogP contribution >= 0.6 is 0 Å². The summed E-state index contributed by atoms with van der Waals surface area (Å²) in [5.74, 6) is -0.767. The highest BCUT2D eigenvalue weighted by molar-refractivity contribution is 6.07. The summed E-state index contributed by atoms with van der Waals surface area (Å²) >= 11 is 0. The molecule has 140 valence electrons. The van der Waals surface area contributed by atoms with E-state index in [0.717, 1.165) is 0 Å². The lowest BCUT2D eigenvalue weighted by atomic mass is 10.1. The molecule has 1 aliphatic rings. The number of carbonyl (C=O) groups excluding carboxylic acids is 3. The zero-order valence-electron chi connectivity index (χ0n) is 14.1. The molecule has 0 fully saturated rings. The molecule has 0 saturated carbocycles. The van der Waals surface area contributed by atoms with E-state index in [1.54, 1.807) is 0 Å². The fraction of sp³-hybridized carbons (Fsp3) is 0.615. The Morgan fingerprint density at radius 2 is 2.12 bits per heavy atom. The molecule has 0 aliphatic carbocycles. The van der Waals surface area contributed by atoms with Crippen molar-refractivity contribution < 1.29 is 14.4 Å². The van der Waals surface area contributed by atoms with E-state index in [-0.39, 0.29) is 36.8 Å². The summed E-state index contributed by atoms with van der Waals surface area (Å²) in [6.45, 7) is 0.457. The molecule has 10 N–H and O–H groups in total. The molecule has 0 aromatic carbocycles. The van der Waals surface area contributed by atoms with Crippen LogP contribution in [-0.2, 0) is 9.59 Å². The van der Waals surface area contributed by atoms with Crippen LogP contribution in [0.1, 0.15) is 19.3 Å². The minimum atomic E-state index is -0.839. The van der Waals surface area contributed by atoms with E-state index in [2.05, 4.69) is 20.6 Å². The number of urea groups is 1. The Morgan fingerprint density at radius 1 is 1.44 bits per heavy atom. The average molecular weight is 355 g/mol. The zero-order chi connectivity index (χ0) is 19.0. The van der Waals surface area contributed by atoms with Gasteiger partial charge in [0.25, 0.3) is 5.91 Å². The largest absolute Gasteiger partial charge is 0.370 e. The SMILES string of the molecule is CN(C(=O)CC(N)CCCN=C(N)N)C1CN=C(NC(N)=O)NC1=O. The first-order chi connectivity index (χ1) is 11.7. The minimum absolute atomic E-state index is 0.0124. The van der Waals surface area contributed by atoms with E-state index in [0.29, 0.717) is 19.4 Å². The molecular weight excluding hydrogens is 330 g/mol. The van der Waals surface area contributed by atoms with Crippen molar-refractivity contribution in [3.05, 3.63) is 0 Å². The molecule has 12 heteroatoms. The third-order valence-electron chi connectivity index (χ3n) is 3.53. The van der Waals surface area contributed by atoms with Gasteiger partial charge in [-0.25, -0.2) is 9.79 Å². The monoisotopic (exact) mass is 355 g/mol. The topological polar surface area (TPSA) is 207 Å². The Hall–Kier alpha value is -2.89. The van der Waals surface area contributed by atoms with Gasteiger partial charge in [-0.1, -0.05) is 0 Å². The van der Waals surface area contributed by atoms with Crippen LogP contribution in [0.25, 0.3) is 0 Å². The van der Waals surface area contributed by atoms with Crippen molar-refractivity contribution in [2.75, 3.05) is 20.1 Å². The quantitative estimate of drug-likeness (QED) is 0.157. The average Bonchev–Trinajstić information content (AvgIpc) is 2.50. The molecule has 12 nitrogen and oxygen atoms in total. The highest BCUT2D eigenvalue weighted by Gasteiger charge is 2.31. The lowest BCUT2D eigenvalue weighted by Gasteiger charge is -2.30. The Balaban J connectivity index is 2.48. The fourth-order valence-electron chi connectivity index (χ4n) is 2.19. The number of hydrogen-bond acceptors (Lipinski definition) is 6. The highest BCUT2D eigenvalue weighted by Crippen LogP contribution is 2.08. The first kappa shape index (κ1) is 20.2. The number of nitrogens with two attached hydrogens (primary N) is 4. The Kier molecular flexibility index (Phi) is 7.59. The molecule has 1 rings (SSSR count). The summed E-state index contributed by atoms with van der Waals surface area (Å²) in [5, 5.41) is 4.55. The van der Waals surface area contributed by atoms with Crippen LogP contribution in [0.2, 0.25) is 0 Å². The number of hydrogen-bond donors (Lipinski definition) is 6. The number of aliphatic imine (C=N–C) groups is 2. The number of guanidine groups is 2. The van der Waals surface area contributed by atoms with Gasteiger partial charge in [0.05, 0.1) is 6.54 Å². The van der Waals surface area contributed by atoms with Gasteiger partial charge in [-0.15, -0.1) is 0 Å². The maximum Gasteiger partial charge on any atom is 0.318 e. The Morgan fingerprint density at radius 3 is 2.68 bits per heavy atom. The van der Waals surface area contributed by atoms with Gasteiger partial charge in [-0.3, -0.25) is 25.2 Å². The lowest BCUT2D eigenvalue weighted by molar-refractivity contribution is -0.138.